The van der Waals surface area contributed by atoms with Crippen LogP contribution in [0.15, 0.2) is 42.5 Å². The minimum atomic E-state index is -0.965. The van der Waals surface area contributed by atoms with Crippen LogP contribution in [-0.2, 0) is 22.7 Å². The molecule has 0 bridgehead atoms. The molecular weight excluding hydrogens is 427 g/mol. The number of piperidine rings is 1. The van der Waals surface area contributed by atoms with Gasteiger partial charge in [-0.15, -0.1) is 5.06 Å². The summed E-state index contributed by atoms with van der Waals surface area (Å²) in [7, 11) is 0. The van der Waals surface area contributed by atoms with Gasteiger partial charge in [0.2, 0.25) is 0 Å². The molecule has 2 heterocycles. The zero-order valence-electron chi connectivity index (χ0n) is 17.2. The second-order valence-electron chi connectivity index (χ2n) is 7.94. The molecule has 1 spiro atoms. The summed E-state index contributed by atoms with van der Waals surface area (Å²) in [5, 5.41) is 4.10. The van der Waals surface area contributed by atoms with Crippen molar-refractivity contribution in [2.75, 3.05) is 19.6 Å². The fourth-order valence-corrected chi connectivity index (χ4v) is 3.84. The van der Waals surface area contributed by atoms with Crippen LogP contribution in [0.1, 0.15) is 24.0 Å². The lowest BCUT2D eigenvalue weighted by molar-refractivity contribution is -0.142. The molecule has 170 valence electrons. The first-order chi connectivity index (χ1) is 15.3. The smallest absolute Gasteiger partial charge is 0.426 e. The van der Waals surface area contributed by atoms with Crippen molar-refractivity contribution in [3.8, 4) is 0 Å². The molecule has 32 heavy (non-hydrogen) atoms. The van der Waals surface area contributed by atoms with E-state index in [2.05, 4.69) is 5.32 Å². The Hall–Kier alpha value is -3.27. The molecule has 10 heteroatoms. The number of carbonyl (C=O) groups excluding carboxylic acids is 2. The number of nitrogens with one attached hydrogen (secondary N) is 1. The van der Waals surface area contributed by atoms with Gasteiger partial charge in [-0.05, 0) is 35.4 Å². The predicted octanol–water partition coefficient (Wildman–Crippen LogP) is 3.73. The Labute approximate surface area is 182 Å². The fraction of sp³-hybridized carbons (Fsp3) is 0.364. The van der Waals surface area contributed by atoms with Gasteiger partial charge < -0.3 is 14.9 Å². The third-order valence-corrected chi connectivity index (χ3v) is 5.59. The number of ether oxygens (including phenoxy) is 1. The second-order valence-corrected chi connectivity index (χ2v) is 7.94. The Morgan fingerprint density at radius 2 is 1.72 bits per heavy atom. The molecule has 2 saturated heterocycles. The van der Waals surface area contributed by atoms with Gasteiger partial charge in [0.25, 0.3) is 0 Å². The largest absolute Gasteiger partial charge is 0.441 e. The molecule has 4 rings (SSSR count). The van der Waals surface area contributed by atoms with Crippen LogP contribution in [0, 0.1) is 17.5 Å². The van der Waals surface area contributed by atoms with E-state index in [1.807, 2.05) is 0 Å². The average molecular weight is 449 g/mol. The van der Waals surface area contributed by atoms with Crippen molar-refractivity contribution in [3.05, 3.63) is 71.0 Å². The Kier molecular flexibility index (Phi) is 6.22. The van der Waals surface area contributed by atoms with Gasteiger partial charge in [0, 0.05) is 39.0 Å². The lowest BCUT2D eigenvalue weighted by atomic mass is 9.92. The van der Waals surface area contributed by atoms with E-state index in [9.17, 15) is 22.8 Å². The van der Waals surface area contributed by atoms with Gasteiger partial charge in [0.05, 0.1) is 6.54 Å². The van der Waals surface area contributed by atoms with Crippen LogP contribution in [0.4, 0.5) is 22.8 Å². The highest BCUT2D eigenvalue weighted by Crippen LogP contribution is 2.34. The molecule has 2 aromatic carbocycles. The molecule has 7 nitrogen and oxygen atoms in total. The summed E-state index contributed by atoms with van der Waals surface area (Å²) in [5.41, 5.74) is 0.497. The Morgan fingerprint density at radius 1 is 1.03 bits per heavy atom. The summed E-state index contributed by atoms with van der Waals surface area (Å²) < 4.78 is 45.1. The minimum absolute atomic E-state index is 0.115. The Balaban J connectivity index is 1.24. The van der Waals surface area contributed by atoms with Gasteiger partial charge in [-0.2, -0.15) is 0 Å². The van der Waals surface area contributed by atoms with E-state index in [1.54, 1.807) is 12.1 Å². The normalized spacial score (nSPS) is 18.0. The summed E-state index contributed by atoms with van der Waals surface area (Å²) in [4.78, 5) is 31.1. The summed E-state index contributed by atoms with van der Waals surface area (Å²) in [5.74, 6) is -2.26. The van der Waals surface area contributed by atoms with Crippen molar-refractivity contribution >= 4 is 12.2 Å². The first-order valence-electron chi connectivity index (χ1n) is 10.2. The number of benzene rings is 2. The average Bonchev–Trinajstić information content (AvgIpc) is 3.07. The van der Waals surface area contributed by atoms with E-state index >= 15 is 0 Å². The van der Waals surface area contributed by atoms with Gasteiger partial charge in [0.1, 0.15) is 11.4 Å². The first kappa shape index (κ1) is 21.9. The molecule has 0 aromatic heterocycles. The highest BCUT2D eigenvalue weighted by atomic mass is 19.2. The topological polar surface area (TPSA) is 71.1 Å². The van der Waals surface area contributed by atoms with E-state index in [0.717, 1.165) is 17.7 Å². The molecular formula is C22H22F3N3O4. The number of nitrogens with zero attached hydrogens (tertiary/aromatic N) is 2. The van der Waals surface area contributed by atoms with E-state index < -0.39 is 29.4 Å². The standard InChI is InChI=1S/C22H22F3N3O4/c23-17-4-1-15(2-5-17)12-26-20(29)32-28-9-7-22(8-10-28)14-27(21(30)31-22)13-16-3-6-18(24)19(25)11-16/h1-6,11H,7-10,12-14H2,(H,26,29). The van der Waals surface area contributed by atoms with Crippen molar-refractivity contribution in [3.63, 3.8) is 0 Å². The zero-order valence-corrected chi connectivity index (χ0v) is 17.2. The van der Waals surface area contributed by atoms with E-state index in [4.69, 9.17) is 9.57 Å². The number of amides is 2. The molecule has 2 amide bonds. The van der Waals surface area contributed by atoms with Gasteiger partial charge in [-0.3, -0.25) is 4.90 Å². The molecule has 2 fully saturated rings. The number of hydroxylamine groups is 2. The van der Waals surface area contributed by atoms with Crippen LogP contribution in [0.5, 0.6) is 0 Å². The van der Waals surface area contributed by atoms with Crippen LogP contribution in [-0.4, -0.2) is 47.4 Å². The van der Waals surface area contributed by atoms with Gasteiger partial charge in [-0.1, -0.05) is 18.2 Å². The molecule has 2 aliphatic rings. The Morgan fingerprint density at radius 3 is 2.41 bits per heavy atom. The van der Waals surface area contributed by atoms with Crippen molar-refractivity contribution in [2.24, 2.45) is 0 Å². The van der Waals surface area contributed by atoms with Crippen LogP contribution in [0.2, 0.25) is 0 Å². The third kappa shape index (κ3) is 5.13. The highest BCUT2D eigenvalue weighted by molar-refractivity contribution is 5.71. The molecule has 0 radical (unpaired) electrons. The van der Waals surface area contributed by atoms with E-state index in [-0.39, 0.29) is 18.9 Å². The maximum absolute atomic E-state index is 13.4. The molecule has 0 atom stereocenters. The van der Waals surface area contributed by atoms with E-state index in [0.29, 0.717) is 38.0 Å². The molecule has 0 unspecified atom stereocenters. The van der Waals surface area contributed by atoms with Crippen LogP contribution >= 0.6 is 0 Å². The lowest BCUT2D eigenvalue weighted by Gasteiger charge is -2.36. The van der Waals surface area contributed by atoms with Crippen molar-refractivity contribution in [1.82, 2.24) is 15.3 Å². The van der Waals surface area contributed by atoms with Crippen molar-refractivity contribution < 1.29 is 32.3 Å². The maximum Gasteiger partial charge on any atom is 0.426 e. The number of halogens is 3. The van der Waals surface area contributed by atoms with Gasteiger partial charge >= 0.3 is 12.2 Å². The van der Waals surface area contributed by atoms with Crippen LogP contribution in [0.3, 0.4) is 0 Å². The Bertz CT molecular complexity index is 994. The highest BCUT2D eigenvalue weighted by Gasteiger charge is 2.47. The van der Waals surface area contributed by atoms with E-state index in [1.165, 1.54) is 28.2 Å². The predicted molar refractivity (Wildman–Crippen MR) is 107 cm³/mol. The van der Waals surface area contributed by atoms with Crippen LogP contribution in [0.25, 0.3) is 0 Å². The van der Waals surface area contributed by atoms with Gasteiger partial charge in [0.15, 0.2) is 11.6 Å². The molecule has 2 aliphatic heterocycles. The SMILES string of the molecule is O=C(NCc1ccc(F)cc1)ON1CCC2(CC1)CN(Cc1ccc(F)c(F)c1)C(=O)O2. The first-order valence-corrected chi connectivity index (χ1v) is 10.2. The molecule has 0 aliphatic carbocycles. The summed E-state index contributed by atoms with van der Waals surface area (Å²) >= 11 is 0. The third-order valence-electron chi connectivity index (χ3n) is 5.59. The summed E-state index contributed by atoms with van der Waals surface area (Å²) in [6.07, 6.45) is -0.230. The molecule has 2 aromatic rings. The summed E-state index contributed by atoms with van der Waals surface area (Å²) in [6, 6.07) is 9.28. The quantitative estimate of drug-likeness (QED) is 0.753. The molecule has 0 saturated carbocycles. The monoisotopic (exact) mass is 449 g/mol. The maximum atomic E-state index is 13.4. The number of carbonyl (C=O) groups is 2. The summed E-state index contributed by atoms with van der Waals surface area (Å²) in [6.45, 7) is 1.37. The van der Waals surface area contributed by atoms with Gasteiger partial charge in [-0.25, -0.2) is 22.8 Å². The minimum Gasteiger partial charge on any atom is -0.441 e. The zero-order chi connectivity index (χ0) is 22.7. The number of hydrogen-bond acceptors (Lipinski definition) is 5. The lowest BCUT2D eigenvalue weighted by Crippen LogP contribution is -2.48. The molecule has 1 N–H and O–H groups in total. The fourth-order valence-electron chi connectivity index (χ4n) is 3.84. The van der Waals surface area contributed by atoms with Crippen LogP contribution < -0.4 is 5.32 Å². The number of rotatable bonds is 5. The number of hydrogen-bond donors (Lipinski definition) is 1. The second kappa shape index (κ2) is 9.07. The van der Waals surface area contributed by atoms with Crippen molar-refractivity contribution in [1.29, 1.82) is 0 Å². The van der Waals surface area contributed by atoms with Crippen molar-refractivity contribution in [2.45, 2.75) is 31.5 Å².